The molecular formula is C48H40N2. The van der Waals surface area contributed by atoms with Crippen LogP contribution in [0.1, 0.15) is 61.4 Å². The number of benzene rings is 6. The lowest BCUT2D eigenvalue weighted by atomic mass is 9.82. The van der Waals surface area contributed by atoms with Gasteiger partial charge < -0.3 is 9.80 Å². The van der Waals surface area contributed by atoms with Crippen LogP contribution >= 0.6 is 0 Å². The van der Waals surface area contributed by atoms with Gasteiger partial charge in [0.2, 0.25) is 0 Å². The minimum Gasteiger partial charge on any atom is -0.333 e. The normalized spacial score (nSPS) is 19.3. The molecule has 3 aliphatic carbocycles. The van der Waals surface area contributed by atoms with Crippen LogP contribution in [0, 0.1) is 0 Å². The van der Waals surface area contributed by atoms with E-state index in [4.69, 9.17) is 0 Å². The van der Waals surface area contributed by atoms with Crippen molar-refractivity contribution in [2.45, 2.75) is 50.5 Å². The van der Waals surface area contributed by atoms with Crippen LogP contribution in [0.5, 0.6) is 0 Å². The minimum absolute atomic E-state index is 0.0876. The van der Waals surface area contributed by atoms with Gasteiger partial charge in [0.1, 0.15) is 0 Å². The van der Waals surface area contributed by atoms with Crippen LogP contribution in [0.3, 0.4) is 0 Å². The Kier molecular flexibility index (Phi) is 6.13. The lowest BCUT2D eigenvalue weighted by molar-refractivity contribution is 0.660. The summed E-state index contributed by atoms with van der Waals surface area (Å²) in [6.45, 7) is 9.49. The van der Waals surface area contributed by atoms with Gasteiger partial charge in [-0.1, -0.05) is 131 Å². The minimum atomic E-state index is -0.0876. The molecule has 1 aliphatic heterocycles. The Morgan fingerprint density at radius 3 is 1.60 bits per heavy atom. The highest BCUT2D eigenvalue weighted by Gasteiger charge is 2.40. The zero-order valence-corrected chi connectivity index (χ0v) is 29.1. The Morgan fingerprint density at radius 1 is 0.480 bits per heavy atom. The molecule has 1 heterocycles. The molecule has 0 N–H and O–H groups in total. The van der Waals surface area contributed by atoms with Crippen LogP contribution in [0.4, 0.5) is 28.4 Å². The van der Waals surface area contributed by atoms with E-state index in [9.17, 15) is 0 Å². The standard InChI is InChI=1S/C48H40N2/c1-47(2)41-19-11-8-16-35(41)37-25-22-33(29-43(37)47)49(34-23-26-38-36-17-9-12-20-42(36)48(3,4)44(38)30-34)32-24-27-46-40(28-32)39-18-10-13-21-45(39)50(46)31-14-6-5-7-15-31/h5-30,39,45H,1-4H3. The molecule has 6 aromatic carbocycles. The van der Waals surface area contributed by atoms with Gasteiger partial charge in [0.25, 0.3) is 0 Å². The van der Waals surface area contributed by atoms with Crippen molar-refractivity contribution in [3.8, 4) is 22.3 Å². The van der Waals surface area contributed by atoms with Crippen molar-refractivity contribution < 1.29 is 0 Å². The summed E-state index contributed by atoms with van der Waals surface area (Å²) in [5, 5.41) is 0. The zero-order valence-electron chi connectivity index (χ0n) is 29.1. The van der Waals surface area contributed by atoms with E-state index in [1.807, 2.05) is 0 Å². The fourth-order valence-corrected chi connectivity index (χ4v) is 9.47. The Balaban J connectivity index is 1.17. The molecule has 0 fully saturated rings. The molecule has 2 atom stereocenters. The van der Waals surface area contributed by atoms with Crippen molar-refractivity contribution in [3.05, 3.63) is 186 Å². The van der Waals surface area contributed by atoms with Gasteiger partial charge in [-0.15, -0.1) is 0 Å². The van der Waals surface area contributed by atoms with E-state index < -0.39 is 0 Å². The first-order valence-electron chi connectivity index (χ1n) is 17.9. The highest BCUT2D eigenvalue weighted by Crippen LogP contribution is 2.54. The summed E-state index contributed by atoms with van der Waals surface area (Å²) >= 11 is 0. The van der Waals surface area contributed by atoms with Gasteiger partial charge in [-0.25, -0.2) is 0 Å². The Morgan fingerprint density at radius 2 is 0.980 bits per heavy atom. The summed E-state index contributed by atoms with van der Waals surface area (Å²) in [6, 6.07) is 50.4. The molecule has 0 amide bonds. The molecule has 2 nitrogen and oxygen atoms in total. The summed E-state index contributed by atoms with van der Waals surface area (Å²) in [5.74, 6) is 0.277. The van der Waals surface area contributed by atoms with Crippen LogP contribution in [0.25, 0.3) is 22.3 Å². The van der Waals surface area contributed by atoms with Crippen molar-refractivity contribution in [2.24, 2.45) is 0 Å². The van der Waals surface area contributed by atoms with Gasteiger partial charge in [0.15, 0.2) is 0 Å². The third-order valence-corrected chi connectivity index (χ3v) is 12.0. The molecule has 0 bridgehead atoms. The van der Waals surface area contributed by atoms with Crippen molar-refractivity contribution >= 4 is 28.4 Å². The maximum absolute atomic E-state index is 2.51. The second-order valence-electron chi connectivity index (χ2n) is 15.4. The summed E-state index contributed by atoms with van der Waals surface area (Å²) in [7, 11) is 0. The van der Waals surface area contributed by atoms with E-state index in [2.05, 4.69) is 195 Å². The van der Waals surface area contributed by atoms with Crippen molar-refractivity contribution in [2.75, 3.05) is 9.80 Å². The largest absolute Gasteiger partial charge is 0.333 e. The number of nitrogens with zero attached hydrogens (tertiary/aromatic N) is 2. The Labute approximate surface area is 295 Å². The van der Waals surface area contributed by atoms with E-state index in [0.29, 0.717) is 0 Å². The molecule has 0 saturated carbocycles. The van der Waals surface area contributed by atoms with E-state index >= 15 is 0 Å². The number of hydrogen-bond donors (Lipinski definition) is 0. The summed E-state index contributed by atoms with van der Waals surface area (Å²) < 4.78 is 0. The lowest BCUT2D eigenvalue weighted by Gasteiger charge is -2.30. The molecule has 2 heteroatoms. The van der Waals surface area contributed by atoms with Gasteiger partial charge in [0.05, 0.1) is 6.04 Å². The van der Waals surface area contributed by atoms with Gasteiger partial charge in [0, 0.05) is 45.2 Å². The summed E-state index contributed by atoms with van der Waals surface area (Å²) in [6.07, 6.45) is 9.15. The van der Waals surface area contributed by atoms with E-state index in [1.54, 1.807) is 0 Å². The smallest absolute Gasteiger partial charge is 0.0629 e. The molecule has 2 unspecified atom stereocenters. The third-order valence-electron chi connectivity index (χ3n) is 12.0. The first-order valence-corrected chi connectivity index (χ1v) is 17.9. The van der Waals surface area contributed by atoms with Gasteiger partial charge in [-0.2, -0.15) is 0 Å². The van der Waals surface area contributed by atoms with E-state index in [1.165, 1.54) is 78.5 Å². The topological polar surface area (TPSA) is 6.48 Å². The molecular weight excluding hydrogens is 605 g/mol. The molecule has 10 rings (SSSR count). The maximum Gasteiger partial charge on any atom is 0.0629 e. The zero-order chi connectivity index (χ0) is 33.8. The number of para-hydroxylation sites is 1. The number of hydrogen-bond acceptors (Lipinski definition) is 2. The highest BCUT2D eigenvalue weighted by molar-refractivity contribution is 5.89. The summed E-state index contributed by atoms with van der Waals surface area (Å²) in [5.41, 5.74) is 18.2. The first kappa shape index (κ1) is 29.3. The van der Waals surface area contributed by atoms with Crippen molar-refractivity contribution in [1.29, 1.82) is 0 Å². The monoisotopic (exact) mass is 644 g/mol. The summed E-state index contributed by atoms with van der Waals surface area (Å²) in [4.78, 5) is 5.01. The average Bonchev–Trinajstić information content (AvgIpc) is 3.69. The molecule has 0 spiro atoms. The third kappa shape index (κ3) is 4.02. The van der Waals surface area contributed by atoms with Gasteiger partial charge in [-0.3, -0.25) is 0 Å². The molecule has 0 saturated heterocycles. The quantitative estimate of drug-likeness (QED) is 0.188. The van der Waals surface area contributed by atoms with E-state index in [-0.39, 0.29) is 22.8 Å². The van der Waals surface area contributed by atoms with Crippen molar-refractivity contribution in [1.82, 2.24) is 0 Å². The predicted molar refractivity (Wildman–Crippen MR) is 210 cm³/mol. The van der Waals surface area contributed by atoms with Crippen molar-refractivity contribution in [3.63, 3.8) is 0 Å². The SMILES string of the molecule is CC1(C)c2ccccc2-c2ccc(N(c3ccc4c(c3)C3C=CC=CC3N4c3ccccc3)c3ccc4c(c3)C(C)(C)c3ccccc3-4)cc21. The maximum atomic E-state index is 2.51. The fourth-order valence-electron chi connectivity index (χ4n) is 9.47. The lowest BCUT2D eigenvalue weighted by Crippen LogP contribution is -2.28. The van der Waals surface area contributed by atoms with Crippen LogP contribution in [-0.4, -0.2) is 6.04 Å². The molecule has 4 aliphatic rings. The molecule has 0 radical (unpaired) electrons. The fraction of sp³-hybridized carbons (Fsp3) is 0.167. The van der Waals surface area contributed by atoms with Crippen LogP contribution in [0.2, 0.25) is 0 Å². The predicted octanol–water partition coefficient (Wildman–Crippen LogP) is 12.5. The molecule has 242 valence electrons. The van der Waals surface area contributed by atoms with Crippen LogP contribution in [-0.2, 0) is 10.8 Å². The average molecular weight is 645 g/mol. The van der Waals surface area contributed by atoms with Crippen LogP contribution in [0.15, 0.2) is 158 Å². The van der Waals surface area contributed by atoms with Gasteiger partial charge >= 0.3 is 0 Å². The van der Waals surface area contributed by atoms with E-state index in [0.717, 1.165) is 0 Å². The Hall–Kier alpha value is -5.60. The first-order chi connectivity index (χ1) is 24.3. The Bertz CT molecular complexity index is 2300. The number of anilines is 5. The number of rotatable bonds is 4. The van der Waals surface area contributed by atoms with Crippen LogP contribution < -0.4 is 9.80 Å². The molecule has 6 aromatic rings. The second-order valence-corrected chi connectivity index (χ2v) is 15.4. The molecule has 0 aromatic heterocycles. The molecule has 50 heavy (non-hydrogen) atoms. The highest BCUT2D eigenvalue weighted by atomic mass is 15.2. The second kappa shape index (κ2) is 10.5. The number of fused-ring (bicyclic) bond motifs is 9. The van der Waals surface area contributed by atoms with Gasteiger partial charge in [-0.05, 0) is 105 Å². The number of allylic oxidation sites excluding steroid dienone is 2.